The zero-order chi connectivity index (χ0) is 28.5. The summed E-state index contributed by atoms with van der Waals surface area (Å²) >= 11 is 26.2. The third-order valence-electron chi connectivity index (χ3n) is 6.09. The van der Waals surface area contributed by atoms with Crippen LogP contribution in [-0.2, 0) is 0 Å². The summed E-state index contributed by atoms with van der Waals surface area (Å²) in [5, 5.41) is 1.59. The quantitative estimate of drug-likeness (QED) is 0.248. The second-order valence-electron chi connectivity index (χ2n) is 10.2. The highest BCUT2D eigenvalue weighted by Gasteiger charge is 2.36. The minimum Gasteiger partial charge on any atom is -0.490 e. The Morgan fingerprint density at radius 3 is 1.31 bits per heavy atom. The van der Waals surface area contributed by atoms with Crippen LogP contribution in [0.1, 0.15) is 65.5 Å². The number of hydrogen-bond acceptors (Lipinski definition) is 6. The maximum absolute atomic E-state index is 6.61. The molecule has 2 aromatic carbocycles. The average Bonchev–Trinajstić information content (AvgIpc) is 2.88. The molecule has 2 aliphatic rings. The van der Waals surface area contributed by atoms with E-state index in [9.17, 15) is 0 Å². The predicted octanol–water partition coefficient (Wildman–Crippen LogP) is 9.31. The molecule has 0 amide bonds. The van der Waals surface area contributed by atoms with Gasteiger partial charge in [0.15, 0.2) is 23.0 Å². The van der Waals surface area contributed by atoms with Crippen LogP contribution in [0.15, 0.2) is 34.3 Å². The van der Waals surface area contributed by atoms with Gasteiger partial charge in [0, 0.05) is 23.3 Å². The predicted molar refractivity (Wildman–Crippen MR) is 157 cm³/mol. The van der Waals surface area contributed by atoms with Crippen molar-refractivity contribution in [3.05, 3.63) is 45.5 Å². The van der Waals surface area contributed by atoms with Crippen molar-refractivity contribution in [2.45, 2.75) is 65.6 Å². The monoisotopic (exact) mass is 616 g/mol. The number of hydrogen-bond donors (Lipinski definition) is 0. The lowest BCUT2D eigenvalue weighted by molar-refractivity contribution is 0.108. The van der Waals surface area contributed by atoms with Gasteiger partial charge in [-0.3, -0.25) is 0 Å². The van der Waals surface area contributed by atoms with E-state index in [0.29, 0.717) is 79.0 Å². The van der Waals surface area contributed by atoms with Gasteiger partial charge in [0.05, 0.1) is 33.3 Å². The Labute approximate surface area is 249 Å². The van der Waals surface area contributed by atoms with Crippen LogP contribution in [0, 0.1) is 0 Å². The molecule has 0 spiro atoms. The van der Waals surface area contributed by atoms with Crippen LogP contribution < -0.4 is 28.4 Å². The Morgan fingerprint density at radius 1 is 0.590 bits per heavy atom. The minimum atomic E-state index is -0.766. The van der Waals surface area contributed by atoms with Gasteiger partial charge < -0.3 is 28.4 Å². The average molecular weight is 618 g/mol. The van der Waals surface area contributed by atoms with E-state index in [1.165, 1.54) is 0 Å². The first-order valence-corrected chi connectivity index (χ1v) is 14.3. The molecule has 39 heavy (non-hydrogen) atoms. The second kappa shape index (κ2) is 11.8. The Kier molecular flexibility index (Phi) is 9.02. The number of halogens is 4. The molecule has 4 rings (SSSR count). The molecule has 2 aromatic rings. The van der Waals surface area contributed by atoms with Gasteiger partial charge in [0.2, 0.25) is 6.79 Å². The lowest BCUT2D eigenvalue weighted by Gasteiger charge is -2.33. The molecular formula is C29H32Cl4O6. The number of ether oxygens (including phenoxy) is 6. The van der Waals surface area contributed by atoms with E-state index >= 15 is 0 Å². The van der Waals surface area contributed by atoms with E-state index in [1.54, 1.807) is 24.3 Å². The molecule has 0 bridgehead atoms. The molecule has 0 aromatic heterocycles. The molecule has 0 unspecified atom stereocenters. The van der Waals surface area contributed by atoms with Crippen LogP contribution in [0.5, 0.6) is 34.5 Å². The molecule has 0 atom stereocenters. The van der Waals surface area contributed by atoms with Crippen LogP contribution in [0.3, 0.4) is 0 Å². The summed E-state index contributed by atoms with van der Waals surface area (Å²) in [7, 11) is 0. The first-order valence-electron chi connectivity index (χ1n) is 12.8. The fraction of sp³-hybridized carbons (Fsp3) is 0.448. The highest BCUT2D eigenvalue weighted by atomic mass is 35.5. The van der Waals surface area contributed by atoms with Crippen LogP contribution in [0.4, 0.5) is 0 Å². The Balaban J connectivity index is 1.63. The maximum atomic E-state index is 6.61. The largest absolute Gasteiger partial charge is 0.490 e. The summed E-state index contributed by atoms with van der Waals surface area (Å²) in [6, 6.07) is 6.99. The van der Waals surface area contributed by atoms with E-state index in [2.05, 4.69) is 0 Å². The molecule has 10 heteroatoms. The molecule has 0 saturated heterocycles. The van der Waals surface area contributed by atoms with Gasteiger partial charge in [0.1, 0.15) is 22.7 Å². The summed E-state index contributed by atoms with van der Waals surface area (Å²) in [5.74, 6) is 2.96. The van der Waals surface area contributed by atoms with E-state index in [-0.39, 0.29) is 6.79 Å². The van der Waals surface area contributed by atoms with Gasteiger partial charge in [0.25, 0.3) is 0 Å². The second-order valence-corrected chi connectivity index (χ2v) is 11.7. The van der Waals surface area contributed by atoms with Crippen molar-refractivity contribution in [1.82, 2.24) is 0 Å². The number of rotatable bonds is 10. The topological polar surface area (TPSA) is 55.4 Å². The Hall–Kier alpha value is -2.12. The van der Waals surface area contributed by atoms with E-state index < -0.39 is 11.2 Å². The van der Waals surface area contributed by atoms with Crippen molar-refractivity contribution < 1.29 is 28.4 Å². The summed E-state index contributed by atoms with van der Waals surface area (Å²) in [6.07, 6.45) is 1.63. The molecule has 0 radical (unpaired) electrons. The van der Waals surface area contributed by atoms with Crippen molar-refractivity contribution >= 4 is 56.5 Å². The molecule has 0 saturated carbocycles. The Bertz CT molecular complexity index is 1220. The van der Waals surface area contributed by atoms with E-state index in [1.807, 2.05) is 41.5 Å². The number of benzene rings is 2. The molecule has 0 N–H and O–H groups in total. The third kappa shape index (κ3) is 6.14. The zero-order valence-electron chi connectivity index (χ0n) is 22.8. The minimum absolute atomic E-state index is 0.161. The number of fused-ring (bicyclic) bond motifs is 2. The summed E-state index contributed by atoms with van der Waals surface area (Å²) in [5.41, 5.74) is -0.324. The van der Waals surface area contributed by atoms with Crippen molar-refractivity contribution in [1.29, 1.82) is 0 Å². The van der Waals surface area contributed by atoms with Crippen molar-refractivity contribution in [3.8, 4) is 34.5 Å². The molecule has 6 nitrogen and oxygen atoms in total. The smallest absolute Gasteiger partial charge is 0.231 e. The van der Waals surface area contributed by atoms with Gasteiger partial charge in [-0.25, -0.2) is 0 Å². The molecule has 2 aliphatic heterocycles. The van der Waals surface area contributed by atoms with Crippen molar-refractivity contribution in [2.24, 2.45) is 0 Å². The molecular weight excluding hydrogens is 586 g/mol. The highest BCUT2D eigenvalue weighted by molar-refractivity contribution is 6.56. The van der Waals surface area contributed by atoms with Gasteiger partial charge >= 0.3 is 0 Å². The fourth-order valence-electron chi connectivity index (χ4n) is 4.03. The fourth-order valence-corrected chi connectivity index (χ4v) is 5.06. The standard InChI is InChI=1S/C29H32Cl4O6/c1-7-9-34-22-13-18-16(24(30)26(32)28(3,4)38-18)11-20(22)36-15-37-21-12-17-19(14-23(21)35-10-8-2)39-29(5,6)27(33)25(17)31/h11-14H,7-10,15H2,1-6H3. The maximum Gasteiger partial charge on any atom is 0.231 e. The molecule has 212 valence electrons. The van der Waals surface area contributed by atoms with Crippen molar-refractivity contribution in [2.75, 3.05) is 20.0 Å². The summed E-state index contributed by atoms with van der Waals surface area (Å²) in [4.78, 5) is 0. The van der Waals surface area contributed by atoms with Gasteiger partial charge in [-0.1, -0.05) is 60.3 Å². The van der Waals surface area contributed by atoms with Crippen LogP contribution in [0.25, 0.3) is 10.1 Å². The van der Waals surface area contributed by atoms with Gasteiger partial charge in [-0.2, -0.15) is 0 Å². The lowest BCUT2D eigenvalue weighted by Crippen LogP contribution is -2.32. The molecule has 0 fully saturated rings. The van der Waals surface area contributed by atoms with Crippen molar-refractivity contribution in [3.63, 3.8) is 0 Å². The first-order chi connectivity index (χ1) is 18.4. The Morgan fingerprint density at radius 2 is 0.949 bits per heavy atom. The molecule has 0 aliphatic carbocycles. The molecule has 2 heterocycles. The first kappa shape index (κ1) is 29.9. The van der Waals surface area contributed by atoms with Crippen LogP contribution in [0.2, 0.25) is 0 Å². The van der Waals surface area contributed by atoms with E-state index in [0.717, 1.165) is 12.8 Å². The van der Waals surface area contributed by atoms with Gasteiger partial charge in [-0.15, -0.1) is 0 Å². The summed E-state index contributed by atoms with van der Waals surface area (Å²) in [6.45, 7) is 12.3. The highest BCUT2D eigenvalue weighted by Crippen LogP contribution is 2.50. The third-order valence-corrected chi connectivity index (χ3v) is 8.36. The lowest BCUT2D eigenvalue weighted by atomic mass is 10.0. The summed E-state index contributed by atoms with van der Waals surface area (Å²) < 4.78 is 36.2. The van der Waals surface area contributed by atoms with Crippen LogP contribution >= 0.6 is 46.4 Å². The zero-order valence-corrected chi connectivity index (χ0v) is 25.8. The SMILES string of the molecule is CCCOc1cc2c(cc1OCOc1cc3c(cc1OCCC)OC(C)(C)C(Cl)=C3Cl)C(Cl)=C(Cl)C(C)(C)O2. The van der Waals surface area contributed by atoms with Crippen LogP contribution in [-0.4, -0.2) is 31.2 Å². The normalized spacial score (nSPS) is 17.1. The van der Waals surface area contributed by atoms with Gasteiger partial charge in [-0.05, 0) is 52.7 Å². The van der Waals surface area contributed by atoms with E-state index in [4.69, 9.17) is 74.8 Å².